The van der Waals surface area contributed by atoms with Gasteiger partial charge in [0.05, 0.1) is 18.3 Å². The van der Waals surface area contributed by atoms with Crippen LogP contribution in [0.5, 0.6) is 0 Å². The topological polar surface area (TPSA) is 68.4 Å². The number of fused-ring (bicyclic) bond motifs is 2. The van der Waals surface area contributed by atoms with Crippen LogP contribution in [0.4, 0.5) is 5.82 Å². The fourth-order valence-corrected chi connectivity index (χ4v) is 3.08. The summed E-state index contributed by atoms with van der Waals surface area (Å²) < 4.78 is 5.77. The Labute approximate surface area is 101 Å². The zero-order valence-corrected chi connectivity index (χ0v) is 9.75. The van der Waals surface area contributed by atoms with Crippen LogP contribution in [0.15, 0.2) is 18.3 Å². The molecule has 0 aliphatic carbocycles. The van der Waals surface area contributed by atoms with Crippen LogP contribution in [0.1, 0.15) is 24.8 Å². The second kappa shape index (κ2) is 4.27. The molecular weight excluding hydrogens is 216 g/mol. The molecule has 92 valence electrons. The molecule has 2 aliphatic rings. The van der Waals surface area contributed by atoms with Crippen molar-refractivity contribution in [1.29, 1.82) is 0 Å². The first kappa shape index (κ1) is 11.0. The molecule has 1 aromatic rings. The molecule has 2 saturated heterocycles. The molecule has 4 atom stereocenters. The Bertz CT molecular complexity index is 410. The predicted octanol–water partition coefficient (Wildman–Crippen LogP) is 1.13. The summed E-state index contributed by atoms with van der Waals surface area (Å²) in [6.07, 6.45) is 5.77. The van der Waals surface area contributed by atoms with Gasteiger partial charge in [-0.05, 0) is 30.9 Å². The fourth-order valence-electron chi connectivity index (χ4n) is 3.08. The molecule has 4 unspecified atom stereocenters. The van der Waals surface area contributed by atoms with E-state index in [1.165, 1.54) is 0 Å². The Kier molecular flexibility index (Phi) is 2.76. The number of anilines is 1. The van der Waals surface area contributed by atoms with E-state index in [1.807, 2.05) is 12.1 Å². The van der Waals surface area contributed by atoms with Crippen LogP contribution in [0.3, 0.4) is 0 Å². The smallest absolute Gasteiger partial charge is 0.126 e. The number of nitrogens with two attached hydrogens (primary N) is 1. The van der Waals surface area contributed by atoms with Crippen molar-refractivity contribution >= 4 is 5.82 Å². The minimum Gasteiger partial charge on any atom is -0.392 e. The third kappa shape index (κ3) is 2.03. The van der Waals surface area contributed by atoms with E-state index in [-0.39, 0.29) is 18.1 Å². The van der Waals surface area contributed by atoms with Gasteiger partial charge in [-0.2, -0.15) is 0 Å². The van der Waals surface area contributed by atoms with Gasteiger partial charge in [-0.1, -0.05) is 6.07 Å². The lowest BCUT2D eigenvalue weighted by Gasteiger charge is -2.24. The monoisotopic (exact) mass is 234 g/mol. The van der Waals surface area contributed by atoms with Crippen molar-refractivity contribution in [3.63, 3.8) is 0 Å². The van der Waals surface area contributed by atoms with Crippen LogP contribution < -0.4 is 5.73 Å². The second-order valence-corrected chi connectivity index (χ2v) is 5.09. The summed E-state index contributed by atoms with van der Waals surface area (Å²) in [6.45, 7) is 0. The van der Waals surface area contributed by atoms with Crippen molar-refractivity contribution in [3.8, 4) is 0 Å². The number of hydrogen-bond donors (Lipinski definition) is 2. The normalized spacial score (nSPS) is 32.9. The SMILES string of the molecule is Nc1ncccc1CC(O)C1CC2CCC1O2. The average molecular weight is 234 g/mol. The van der Waals surface area contributed by atoms with E-state index in [9.17, 15) is 5.11 Å². The molecule has 0 amide bonds. The molecule has 17 heavy (non-hydrogen) atoms. The number of pyridine rings is 1. The number of aromatic nitrogens is 1. The Morgan fingerprint density at radius 2 is 2.41 bits per heavy atom. The van der Waals surface area contributed by atoms with Gasteiger partial charge in [0.1, 0.15) is 5.82 Å². The molecule has 3 heterocycles. The van der Waals surface area contributed by atoms with Gasteiger partial charge >= 0.3 is 0 Å². The van der Waals surface area contributed by atoms with Crippen molar-refractivity contribution < 1.29 is 9.84 Å². The number of nitrogen functional groups attached to an aromatic ring is 1. The van der Waals surface area contributed by atoms with Crippen molar-refractivity contribution in [2.45, 2.75) is 44.0 Å². The fraction of sp³-hybridized carbons (Fsp3) is 0.615. The van der Waals surface area contributed by atoms with Crippen molar-refractivity contribution in [1.82, 2.24) is 4.98 Å². The van der Waals surface area contributed by atoms with Gasteiger partial charge in [0.2, 0.25) is 0 Å². The Balaban J connectivity index is 1.68. The first-order valence-electron chi connectivity index (χ1n) is 6.27. The first-order chi connectivity index (χ1) is 8.24. The lowest BCUT2D eigenvalue weighted by atomic mass is 9.83. The van der Waals surface area contributed by atoms with E-state index in [4.69, 9.17) is 10.5 Å². The minimum absolute atomic E-state index is 0.257. The standard InChI is InChI=1S/C13H18N2O2/c14-13-8(2-1-5-15-13)6-11(16)10-7-9-3-4-12(10)17-9/h1-2,5,9-12,16H,3-4,6-7H2,(H2,14,15). The Morgan fingerprint density at radius 1 is 1.53 bits per heavy atom. The quantitative estimate of drug-likeness (QED) is 0.822. The molecule has 0 saturated carbocycles. The van der Waals surface area contributed by atoms with Crippen molar-refractivity contribution in [2.75, 3.05) is 5.73 Å². The summed E-state index contributed by atoms with van der Waals surface area (Å²) in [7, 11) is 0. The highest BCUT2D eigenvalue weighted by Crippen LogP contribution is 2.41. The van der Waals surface area contributed by atoms with E-state index in [0.717, 1.165) is 24.8 Å². The maximum absolute atomic E-state index is 10.3. The molecule has 4 heteroatoms. The summed E-state index contributed by atoms with van der Waals surface area (Å²) in [5.41, 5.74) is 6.72. The van der Waals surface area contributed by atoms with Crippen LogP contribution in [-0.4, -0.2) is 28.4 Å². The van der Waals surface area contributed by atoms with E-state index in [2.05, 4.69) is 4.98 Å². The van der Waals surface area contributed by atoms with E-state index >= 15 is 0 Å². The van der Waals surface area contributed by atoms with Crippen LogP contribution in [0.2, 0.25) is 0 Å². The summed E-state index contributed by atoms with van der Waals surface area (Å²) >= 11 is 0. The number of ether oxygens (including phenoxy) is 1. The maximum atomic E-state index is 10.3. The van der Waals surface area contributed by atoms with Crippen LogP contribution in [0.25, 0.3) is 0 Å². The van der Waals surface area contributed by atoms with E-state index in [1.54, 1.807) is 6.20 Å². The highest BCUT2D eigenvalue weighted by molar-refractivity contribution is 5.38. The predicted molar refractivity (Wildman–Crippen MR) is 64.4 cm³/mol. The van der Waals surface area contributed by atoms with Gasteiger partial charge in [0.25, 0.3) is 0 Å². The molecule has 3 N–H and O–H groups in total. The third-order valence-corrected chi connectivity index (χ3v) is 4.00. The Hall–Kier alpha value is -1.13. The first-order valence-corrected chi connectivity index (χ1v) is 6.27. The zero-order chi connectivity index (χ0) is 11.8. The van der Waals surface area contributed by atoms with Crippen molar-refractivity contribution in [2.24, 2.45) is 5.92 Å². The maximum Gasteiger partial charge on any atom is 0.126 e. The van der Waals surface area contributed by atoms with Gasteiger partial charge in [0.15, 0.2) is 0 Å². The number of nitrogens with zero attached hydrogens (tertiary/aromatic N) is 1. The molecule has 0 spiro atoms. The zero-order valence-electron chi connectivity index (χ0n) is 9.75. The van der Waals surface area contributed by atoms with E-state index < -0.39 is 0 Å². The van der Waals surface area contributed by atoms with E-state index in [0.29, 0.717) is 18.3 Å². The molecule has 2 aliphatic heterocycles. The van der Waals surface area contributed by atoms with Gasteiger partial charge in [-0.25, -0.2) is 4.98 Å². The highest BCUT2D eigenvalue weighted by Gasteiger charge is 2.43. The van der Waals surface area contributed by atoms with Crippen LogP contribution in [0, 0.1) is 5.92 Å². The van der Waals surface area contributed by atoms with Gasteiger partial charge < -0.3 is 15.6 Å². The summed E-state index contributed by atoms with van der Waals surface area (Å²) in [4.78, 5) is 4.04. The summed E-state index contributed by atoms with van der Waals surface area (Å²) in [6, 6.07) is 3.79. The molecule has 0 radical (unpaired) electrons. The molecular formula is C13H18N2O2. The van der Waals surface area contributed by atoms with Crippen LogP contribution in [-0.2, 0) is 11.2 Å². The lowest BCUT2D eigenvalue weighted by molar-refractivity contribution is 0.0432. The minimum atomic E-state index is -0.364. The third-order valence-electron chi connectivity index (χ3n) is 4.00. The summed E-state index contributed by atoms with van der Waals surface area (Å²) in [5.74, 6) is 0.795. The molecule has 1 aromatic heterocycles. The molecule has 0 aromatic carbocycles. The molecule has 2 fully saturated rings. The van der Waals surface area contributed by atoms with Crippen LogP contribution >= 0.6 is 0 Å². The number of rotatable bonds is 3. The average Bonchev–Trinajstić information content (AvgIpc) is 2.94. The Morgan fingerprint density at radius 3 is 3.06 bits per heavy atom. The van der Waals surface area contributed by atoms with Gasteiger partial charge in [0, 0.05) is 18.5 Å². The number of aliphatic hydroxyl groups is 1. The number of hydrogen-bond acceptors (Lipinski definition) is 4. The highest BCUT2D eigenvalue weighted by atomic mass is 16.5. The van der Waals surface area contributed by atoms with Gasteiger partial charge in [-0.15, -0.1) is 0 Å². The molecule has 4 nitrogen and oxygen atoms in total. The van der Waals surface area contributed by atoms with Gasteiger partial charge in [-0.3, -0.25) is 0 Å². The van der Waals surface area contributed by atoms with Crippen molar-refractivity contribution in [3.05, 3.63) is 23.9 Å². The second-order valence-electron chi connectivity index (χ2n) is 5.09. The largest absolute Gasteiger partial charge is 0.392 e. The lowest BCUT2D eigenvalue weighted by Crippen LogP contribution is -2.31. The summed E-state index contributed by atoms with van der Waals surface area (Å²) in [5, 5.41) is 10.3. The molecule has 2 bridgehead atoms. The molecule has 3 rings (SSSR count). The number of aliphatic hydroxyl groups excluding tert-OH is 1.